The maximum absolute atomic E-state index is 12.7. The summed E-state index contributed by atoms with van der Waals surface area (Å²) < 4.78 is 12.7. The van der Waals surface area contributed by atoms with Crippen molar-refractivity contribution in [2.24, 2.45) is 0 Å². The van der Waals surface area contributed by atoms with Gasteiger partial charge in [0.15, 0.2) is 0 Å². The Morgan fingerprint density at radius 2 is 2.36 bits per heavy atom. The van der Waals surface area contributed by atoms with Crippen LogP contribution in [0.1, 0.15) is 12.5 Å². The lowest BCUT2D eigenvalue weighted by Crippen LogP contribution is -2.08. The van der Waals surface area contributed by atoms with Crippen molar-refractivity contribution in [2.75, 3.05) is 5.32 Å². The Hall–Kier alpha value is -1.05. The first-order valence-corrected chi connectivity index (χ1v) is 3.80. The van der Waals surface area contributed by atoms with Crippen molar-refractivity contribution >= 4 is 5.69 Å². The van der Waals surface area contributed by atoms with Crippen LogP contribution in [0.15, 0.2) is 18.2 Å². The third-order valence-corrected chi connectivity index (χ3v) is 2.00. The van der Waals surface area contributed by atoms with Gasteiger partial charge in [-0.15, -0.1) is 0 Å². The topological polar surface area (TPSA) is 12.0 Å². The van der Waals surface area contributed by atoms with Gasteiger partial charge in [-0.25, -0.2) is 4.39 Å². The highest BCUT2D eigenvalue weighted by Gasteiger charge is 2.15. The smallest absolute Gasteiger partial charge is 0.123 e. The fourth-order valence-electron chi connectivity index (χ4n) is 1.52. The lowest BCUT2D eigenvalue weighted by molar-refractivity contribution is 0.626. The molecule has 0 fully saturated rings. The molecular formula is C9H10FN. The molecule has 58 valence electrons. The molecule has 1 aliphatic rings. The molecule has 0 aliphatic carbocycles. The molecule has 11 heavy (non-hydrogen) atoms. The summed E-state index contributed by atoms with van der Waals surface area (Å²) in [7, 11) is 0. The first-order chi connectivity index (χ1) is 5.25. The minimum absolute atomic E-state index is 0.139. The van der Waals surface area contributed by atoms with Crippen LogP contribution in [0.5, 0.6) is 0 Å². The van der Waals surface area contributed by atoms with Gasteiger partial charge in [0.05, 0.1) is 0 Å². The van der Waals surface area contributed by atoms with E-state index >= 15 is 0 Å². The van der Waals surface area contributed by atoms with E-state index in [0.29, 0.717) is 6.04 Å². The molecule has 1 nitrogen and oxygen atoms in total. The van der Waals surface area contributed by atoms with Gasteiger partial charge in [-0.1, -0.05) is 0 Å². The van der Waals surface area contributed by atoms with Crippen LogP contribution in [-0.2, 0) is 6.42 Å². The second-order valence-electron chi connectivity index (χ2n) is 3.05. The van der Waals surface area contributed by atoms with E-state index in [1.54, 1.807) is 12.1 Å². The van der Waals surface area contributed by atoms with Crippen LogP contribution in [0.4, 0.5) is 10.1 Å². The number of halogens is 1. The van der Waals surface area contributed by atoms with Crippen LogP contribution < -0.4 is 5.32 Å². The number of hydrogen-bond acceptors (Lipinski definition) is 1. The molecule has 2 heteroatoms. The molecule has 1 aromatic carbocycles. The van der Waals surface area contributed by atoms with Crippen molar-refractivity contribution in [2.45, 2.75) is 19.4 Å². The molecule has 1 aliphatic heterocycles. The van der Waals surface area contributed by atoms with Crippen molar-refractivity contribution in [3.63, 3.8) is 0 Å². The van der Waals surface area contributed by atoms with Crippen LogP contribution in [-0.4, -0.2) is 6.04 Å². The average Bonchev–Trinajstić information content (AvgIpc) is 2.27. The van der Waals surface area contributed by atoms with Gasteiger partial charge >= 0.3 is 0 Å². The minimum atomic E-state index is -0.139. The Labute approximate surface area is 65.2 Å². The van der Waals surface area contributed by atoms with E-state index in [-0.39, 0.29) is 5.82 Å². The molecule has 0 radical (unpaired) electrons. The monoisotopic (exact) mass is 151 g/mol. The van der Waals surface area contributed by atoms with Gasteiger partial charge in [0, 0.05) is 11.7 Å². The van der Waals surface area contributed by atoms with Crippen LogP contribution in [0.2, 0.25) is 0 Å². The zero-order valence-electron chi connectivity index (χ0n) is 6.39. The third kappa shape index (κ3) is 1.09. The van der Waals surface area contributed by atoms with Gasteiger partial charge in [0.1, 0.15) is 5.82 Å². The lowest BCUT2D eigenvalue weighted by atomic mass is 10.1. The minimum Gasteiger partial charge on any atom is -0.382 e. The van der Waals surface area contributed by atoms with E-state index in [1.165, 1.54) is 6.07 Å². The highest BCUT2D eigenvalue weighted by atomic mass is 19.1. The van der Waals surface area contributed by atoms with E-state index < -0.39 is 0 Å². The number of fused-ring (bicyclic) bond motifs is 1. The molecule has 1 unspecified atom stereocenters. The van der Waals surface area contributed by atoms with E-state index in [4.69, 9.17) is 0 Å². The van der Waals surface area contributed by atoms with Gasteiger partial charge in [-0.3, -0.25) is 0 Å². The molecule has 1 atom stereocenters. The summed E-state index contributed by atoms with van der Waals surface area (Å²) >= 11 is 0. The number of rotatable bonds is 0. The van der Waals surface area contributed by atoms with Crippen LogP contribution in [0.3, 0.4) is 0 Å². The van der Waals surface area contributed by atoms with Gasteiger partial charge < -0.3 is 5.32 Å². The highest BCUT2D eigenvalue weighted by Crippen LogP contribution is 2.25. The molecule has 2 rings (SSSR count). The largest absolute Gasteiger partial charge is 0.382 e. The van der Waals surface area contributed by atoms with Crippen LogP contribution in [0, 0.1) is 5.82 Å². The first kappa shape index (κ1) is 6.65. The Morgan fingerprint density at radius 1 is 1.55 bits per heavy atom. The summed E-state index contributed by atoms with van der Waals surface area (Å²) in [6.45, 7) is 2.10. The molecule has 1 N–H and O–H groups in total. The predicted octanol–water partition coefficient (Wildman–Crippen LogP) is 2.18. The van der Waals surface area contributed by atoms with Crippen molar-refractivity contribution in [3.05, 3.63) is 29.6 Å². The summed E-state index contributed by atoms with van der Waals surface area (Å²) in [4.78, 5) is 0. The summed E-state index contributed by atoms with van der Waals surface area (Å²) in [5, 5.41) is 3.26. The van der Waals surface area contributed by atoms with Gasteiger partial charge in [-0.2, -0.15) is 0 Å². The molecule has 0 aromatic heterocycles. The molecule has 0 amide bonds. The summed E-state index contributed by atoms with van der Waals surface area (Å²) in [5.74, 6) is -0.139. The standard InChI is InChI=1S/C9H10FN/c1-6-4-7-5-8(10)2-3-9(7)11-6/h2-3,5-6,11H,4H2,1H3. The van der Waals surface area contributed by atoms with E-state index in [2.05, 4.69) is 12.2 Å². The van der Waals surface area contributed by atoms with E-state index in [0.717, 1.165) is 17.7 Å². The number of nitrogens with one attached hydrogen (secondary N) is 1. The first-order valence-electron chi connectivity index (χ1n) is 3.80. The number of anilines is 1. The fourth-order valence-corrected chi connectivity index (χ4v) is 1.52. The van der Waals surface area contributed by atoms with Crippen molar-refractivity contribution in [1.82, 2.24) is 0 Å². The molecule has 0 saturated heterocycles. The van der Waals surface area contributed by atoms with Crippen LogP contribution >= 0.6 is 0 Å². The molecule has 0 spiro atoms. The van der Waals surface area contributed by atoms with Crippen molar-refractivity contribution in [3.8, 4) is 0 Å². The number of hydrogen-bond donors (Lipinski definition) is 1. The molecule has 0 bridgehead atoms. The van der Waals surface area contributed by atoms with Crippen LogP contribution in [0.25, 0.3) is 0 Å². The van der Waals surface area contributed by atoms with Crippen molar-refractivity contribution < 1.29 is 4.39 Å². The third-order valence-electron chi connectivity index (χ3n) is 2.00. The number of benzene rings is 1. The Balaban J connectivity index is 2.43. The average molecular weight is 151 g/mol. The second-order valence-corrected chi connectivity index (χ2v) is 3.05. The Kier molecular flexibility index (Phi) is 1.34. The molecular weight excluding hydrogens is 141 g/mol. The summed E-state index contributed by atoms with van der Waals surface area (Å²) in [6, 6.07) is 5.34. The SMILES string of the molecule is CC1Cc2cc(F)ccc2N1. The van der Waals surface area contributed by atoms with Crippen molar-refractivity contribution in [1.29, 1.82) is 0 Å². The lowest BCUT2D eigenvalue weighted by Gasteiger charge is -2.00. The van der Waals surface area contributed by atoms with E-state index in [9.17, 15) is 4.39 Å². The van der Waals surface area contributed by atoms with Gasteiger partial charge in [0.25, 0.3) is 0 Å². The van der Waals surface area contributed by atoms with E-state index in [1.807, 2.05) is 0 Å². The Morgan fingerprint density at radius 3 is 3.18 bits per heavy atom. The molecule has 1 heterocycles. The highest BCUT2D eigenvalue weighted by molar-refractivity contribution is 5.56. The Bertz CT molecular complexity index is 283. The summed E-state index contributed by atoms with van der Waals surface area (Å²) in [6.07, 6.45) is 0.938. The maximum Gasteiger partial charge on any atom is 0.123 e. The second kappa shape index (κ2) is 2.22. The summed E-state index contributed by atoms with van der Waals surface area (Å²) in [5.41, 5.74) is 2.18. The van der Waals surface area contributed by atoms with Gasteiger partial charge in [0.2, 0.25) is 0 Å². The molecule has 1 aromatic rings. The zero-order valence-corrected chi connectivity index (χ0v) is 6.39. The fraction of sp³-hybridized carbons (Fsp3) is 0.333. The maximum atomic E-state index is 12.7. The van der Waals surface area contributed by atoms with Gasteiger partial charge in [-0.05, 0) is 37.1 Å². The predicted molar refractivity (Wildman–Crippen MR) is 43.2 cm³/mol. The molecule has 0 saturated carbocycles. The normalized spacial score (nSPS) is 21.1. The zero-order chi connectivity index (χ0) is 7.84. The quantitative estimate of drug-likeness (QED) is 0.599.